The molecule has 156 valence electrons. The Hall–Kier alpha value is -2.33. The van der Waals surface area contributed by atoms with Crippen LogP contribution in [0.1, 0.15) is 56.6 Å². The van der Waals surface area contributed by atoms with Crippen LogP contribution in [0.3, 0.4) is 0 Å². The van der Waals surface area contributed by atoms with Gasteiger partial charge in [0.2, 0.25) is 0 Å². The molecule has 1 aromatic carbocycles. The molecule has 1 saturated carbocycles. The predicted octanol–water partition coefficient (Wildman–Crippen LogP) is 5.19. The molecule has 5 rings (SSSR count). The monoisotopic (exact) mass is 420 g/mol. The quantitative estimate of drug-likeness (QED) is 0.729. The van der Waals surface area contributed by atoms with Gasteiger partial charge in [0, 0.05) is 29.1 Å². The minimum atomic E-state index is 0.388. The second-order valence-corrected chi connectivity index (χ2v) is 9.40. The third kappa shape index (κ3) is 3.51. The van der Waals surface area contributed by atoms with E-state index in [-0.39, 0.29) is 0 Å². The minimum Gasteiger partial charge on any atom is -0.363 e. The molecule has 0 bridgehead atoms. The van der Waals surface area contributed by atoms with Gasteiger partial charge in [0.15, 0.2) is 0 Å². The Balaban J connectivity index is 1.51. The number of nitrogens with one attached hydrogen (secondary N) is 1. The van der Waals surface area contributed by atoms with Crippen LogP contribution < -0.4 is 15.6 Å². The minimum absolute atomic E-state index is 0.388. The Bertz CT molecular complexity index is 1100. The smallest absolute Gasteiger partial charge is 0.0895 e. The second-order valence-electron chi connectivity index (χ2n) is 8.96. The Labute approximate surface area is 183 Å². The van der Waals surface area contributed by atoms with Crippen molar-refractivity contribution in [3.05, 3.63) is 63.3 Å². The Kier molecular flexibility index (Phi) is 5.28. The van der Waals surface area contributed by atoms with Crippen molar-refractivity contribution in [3.8, 4) is 0 Å². The van der Waals surface area contributed by atoms with Gasteiger partial charge in [0.1, 0.15) is 0 Å². The number of hydrogen-bond acceptors (Lipinski definition) is 3. The summed E-state index contributed by atoms with van der Waals surface area (Å²) in [5.74, 6) is 1.13. The summed E-state index contributed by atoms with van der Waals surface area (Å²) >= 11 is 6.45. The van der Waals surface area contributed by atoms with Crippen LogP contribution >= 0.6 is 11.6 Å². The average molecular weight is 421 g/mol. The van der Waals surface area contributed by atoms with Crippen LogP contribution in [0.15, 0.2) is 51.7 Å². The summed E-state index contributed by atoms with van der Waals surface area (Å²) in [6, 6.07) is 11.3. The highest BCUT2D eigenvalue weighted by atomic mass is 35.5. The van der Waals surface area contributed by atoms with Crippen LogP contribution in [-0.2, 0) is 6.54 Å². The first-order valence-electron chi connectivity index (χ1n) is 11.1. The number of benzene rings is 1. The van der Waals surface area contributed by atoms with E-state index in [2.05, 4.69) is 76.4 Å². The van der Waals surface area contributed by atoms with Crippen LogP contribution in [0.25, 0.3) is 11.8 Å². The molecule has 5 heteroatoms. The fourth-order valence-electron chi connectivity index (χ4n) is 5.24. The summed E-state index contributed by atoms with van der Waals surface area (Å²) in [5, 5.41) is 12.3. The first kappa shape index (κ1) is 19.6. The fraction of sp³-hybridized carbons (Fsp3) is 0.440. The standard InChI is InChI=1S/C25H29ClN4/c1-16(2)30-13-12-20(26)14-22-25(30)21-15-27-29-23(24(21)28-22)19-10-8-18(9-11-19)17-6-4-3-5-7-17/h3-7,12,14,16,18-19,28H,8-11,13,15H2,1-2H3. The van der Waals surface area contributed by atoms with Gasteiger partial charge < -0.3 is 9.88 Å². The third-order valence-corrected chi connectivity index (χ3v) is 7.09. The summed E-state index contributed by atoms with van der Waals surface area (Å²) in [6.07, 6.45) is 8.89. The van der Waals surface area contributed by atoms with E-state index in [1.807, 2.05) is 0 Å². The van der Waals surface area contributed by atoms with Crippen molar-refractivity contribution < 1.29 is 0 Å². The third-order valence-electron chi connectivity index (χ3n) is 6.83. The number of aromatic nitrogens is 1. The fourth-order valence-corrected chi connectivity index (χ4v) is 5.42. The van der Waals surface area contributed by atoms with Crippen molar-refractivity contribution in [3.63, 3.8) is 0 Å². The number of hydrogen-bond donors (Lipinski definition) is 1. The molecule has 30 heavy (non-hydrogen) atoms. The van der Waals surface area contributed by atoms with E-state index >= 15 is 0 Å². The molecule has 2 aliphatic heterocycles. The van der Waals surface area contributed by atoms with Crippen LogP contribution in [0.5, 0.6) is 0 Å². The van der Waals surface area contributed by atoms with E-state index in [0.29, 0.717) is 24.4 Å². The SMILES string of the molecule is CC(C)N1CC=C(Cl)C=c2[nH]c3c(c21)CN=NC=3C1CCC(c2ccccc2)CC1. The van der Waals surface area contributed by atoms with Gasteiger partial charge in [-0.15, -0.1) is 0 Å². The zero-order chi connectivity index (χ0) is 20.7. The molecule has 0 amide bonds. The number of nitrogens with zero attached hydrogens (tertiary/aromatic N) is 3. The number of fused-ring (bicyclic) bond motifs is 3. The molecule has 1 N–H and O–H groups in total. The molecule has 1 aromatic heterocycles. The van der Waals surface area contributed by atoms with Crippen LogP contribution in [0, 0.1) is 5.92 Å². The summed E-state index contributed by atoms with van der Waals surface area (Å²) in [6.45, 7) is 5.92. The van der Waals surface area contributed by atoms with E-state index in [1.54, 1.807) is 0 Å². The summed E-state index contributed by atoms with van der Waals surface area (Å²) < 4.78 is 0. The lowest BCUT2D eigenvalue weighted by molar-refractivity contribution is 0.378. The number of rotatable bonds is 3. The molecule has 0 radical (unpaired) electrons. The van der Waals surface area contributed by atoms with Crippen molar-refractivity contribution in [2.75, 3.05) is 11.4 Å². The van der Waals surface area contributed by atoms with E-state index in [4.69, 9.17) is 11.6 Å². The number of H-pyrrole nitrogens is 1. The van der Waals surface area contributed by atoms with Gasteiger partial charge in [-0.05, 0) is 63.2 Å². The number of anilines is 1. The lowest BCUT2D eigenvalue weighted by Crippen LogP contribution is -2.34. The number of allylic oxidation sites excluding steroid dienone is 1. The van der Waals surface area contributed by atoms with E-state index < -0.39 is 0 Å². The lowest BCUT2D eigenvalue weighted by atomic mass is 9.77. The van der Waals surface area contributed by atoms with Crippen LogP contribution in [0.2, 0.25) is 0 Å². The van der Waals surface area contributed by atoms with Crippen molar-refractivity contribution in [1.82, 2.24) is 4.98 Å². The molecule has 4 nitrogen and oxygen atoms in total. The van der Waals surface area contributed by atoms with Gasteiger partial charge in [-0.1, -0.05) is 41.9 Å². The molecular weight excluding hydrogens is 392 g/mol. The van der Waals surface area contributed by atoms with E-state index in [0.717, 1.165) is 35.5 Å². The molecular formula is C25H29ClN4. The summed E-state index contributed by atoms with van der Waals surface area (Å²) in [4.78, 5) is 6.10. The topological polar surface area (TPSA) is 43.8 Å². The zero-order valence-corrected chi connectivity index (χ0v) is 18.5. The van der Waals surface area contributed by atoms with Gasteiger partial charge >= 0.3 is 0 Å². The number of azo groups is 1. The molecule has 0 atom stereocenters. The first-order chi connectivity index (χ1) is 14.6. The molecule has 1 fully saturated rings. The van der Waals surface area contributed by atoms with Crippen LogP contribution in [-0.4, -0.2) is 17.6 Å². The normalized spacial score (nSPS) is 23.5. The Morgan fingerprint density at radius 2 is 1.80 bits per heavy atom. The highest BCUT2D eigenvalue weighted by Gasteiger charge is 2.29. The molecule has 0 saturated heterocycles. The molecule has 3 aliphatic rings. The Morgan fingerprint density at radius 3 is 2.53 bits per heavy atom. The molecule has 0 spiro atoms. The summed E-state index contributed by atoms with van der Waals surface area (Å²) in [5.41, 5.74) is 5.15. The van der Waals surface area contributed by atoms with Crippen molar-refractivity contribution in [2.45, 2.75) is 58.0 Å². The second kappa shape index (κ2) is 8.07. The van der Waals surface area contributed by atoms with Gasteiger partial charge in [-0.25, -0.2) is 0 Å². The van der Waals surface area contributed by atoms with E-state index in [1.165, 1.54) is 35.0 Å². The first-order valence-corrected chi connectivity index (χ1v) is 11.5. The van der Waals surface area contributed by atoms with Gasteiger partial charge in [-0.3, -0.25) is 0 Å². The van der Waals surface area contributed by atoms with Crippen molar-refractivity contribution in [2.24, 2.45) is 16.1 Å². The highest BCUT2D eigenvalue weighted by molar-refractivity contribution is 6.34. The largest absolute Gasteiger partial charge is 0.363 e. The highest BCUT2D eigenvalue weighted by Crippen LogP contribution is 2.40. The maximum Gasteiger partial charge on any atom is 0.0895 e. The van der Waals surface area contributed by atoms with E-state index in [9.17, 15) is 0 Å². The predicted molar refractivity (Wildman–Crippen MR) is 124 cm³/mol. The van der Waals surface area contributed by atoms with Gasteiger partial charge in [0.25, 0.3) is 0 Å². The maximum absolute atomic E-state index is 6.45. The molecule has 1 aliphatic carbocycles. The zero-order valence-electron chi connectivity index (χ0n) is 17.7. The molecule has 0 unspecified atom stereocenters. The van der Waals surface area contributed by atoms with Crippen LogP contribution in [0.4, 0.5) is 5.69 Å². The summed E-state index contributed by atoms with van der Waals surface area (Å²) in [7, 11) is 0. The van der Waals surface area contributed by atoms with Gasteiger partial charge in [0.05, 0.1) is 28.6 Å². The lowest BCUT2D eigenvalue weighted by Gasteiger charge is -2.30. The molecule has 2 aromatic rings. The molecule has 3 heterocycles. The van der Waals surface area contributed by atoms with Crippen molar-refractivity contribution >= 4 is 29.1 Å². The number of halogens is 1. The van der Waals surface area contributed by atoms with Gasteiger partial charge in [-0.2, -0.15) is 10.2 Å². The average Bonchev–Trinajstić information content (AvgIpc) is 3.03. The number of aromatic amines is 1. The van der Waals surface area contributed by atoms with Crippen molar-refractivity contribution in [1.29, 1.82) is 0 Å². The maximum atomic E-state index is 6.45. The Morgan fingerprint density at radius 1 is 1.07 bits per heavy atom.